The fraction of sp³-hybridized carbons (Fsp3) is 0.586. The highest BCUT2D eigenvalue weighted by atomic mass is 35.5. The molecule has 0 radical (unpaired) electrons. The quantitative estimate of drug-likeness (QED) is 0.476. The monoisotopic (exact) mass is 502 g/mol. The first-order chi connectivity index (χ1) is 16.4. The van der Waals surface area contributed by atoms with E-state index in [1.54, 1.807) is 0 Å². The summed E-state index contributed by atoms with van der Waals surface area (Å²) in [4.78, 5) is 4.96. The third-order valence-corrected chi connectivity index (χ3v) is 7.06. The number of rotatable bonds is 8. The number of benzene rings is 2. The average Bonchev–Trinajstić information content (AvgIpc) is 2.78. The van der Waals surface area contributed by atoms with Gasteiger partial charge in [0.15, 0.2) is 0 Å². The largest absolute Gasteiger partial charge is 0.507 e. The molecule has 1 fully saturated rings. The summed E-state index contributed by atoms with van der Waals surface area (Å²) in [6.07, 6.45) is 0. The number of phenols is 1. The topological polar surface area (TPSA) is 56.2 Å². The molecule has 6 heteroatoms. The lowest BCUT2D eigenvalue weighted by Crippen LogP contribution is -2.48. The minimum Gasteiger partial charge on any atom is -0.507 e. The molecule has 1 unspecified atom stereocenters. The first-order valence-corrected chi connectivity index (χ1v) is 13.1. The van der Waals surface area contributed by atoms with Gasteiger partial charge in [0, 0.05) is 37.7 Å². The lowest BCUT2D eigenvalue weighted by atomic mass is 9.77. The number of piperazine rings is 1. The van der Waals surface area contributed by atoms with Gasteiger partial charge in [0.1, 0.15) is 5.75 Å². The molecular formula is C29H43ClN2O3. The Bertz CT molecular complexity index is 920. The van der Waals surface area contributed by atoms with Crippen molar-refractivity contribution >= 4 is 11.6 Å². The standard InChI is InChI=1S/C29H43ClN2O3/c1-28(2,3)24-19-22(20-25(27(24)34)29(4,5)6)26(21-7-9-23(30)10-8-21)32-13-11-31(12-14-32)15-17-35-18-16-33/h7-10,19-20,26,33-34H,11-18H2,1-6H3. The Morgan fingerprint density at radius 2 is 1.40 bits per heavy atom. The SMILES string of the molecule is CC(C)(C)c1cc(C(c2ccc(Cl)cc2)N2CCN(CCOCCO)CC2)cc(C(C)(C)C)c1O. The molecule has 2 aromatic carbocycles. The molecule has 35 heavy (non-hydrogen) atoms. The maximum atomic E-state index is 11.3. The van der Waals surface area contributed by atoms with E-state index in [1.807, 2.05) is 12.1 Å². The molecule has 1 aliphatic heterocycles. The van der Waals surface area contributed by atoms with Crippen LogP contribution in [-0.2, 0) is 15.6 Å². The van der Waals surface area contributed by atoms with E-state index >= 15 is 0 Å². The van der Waals surface area contributed by atoms with Gasteiger partial charge in [0.25, 0.3) is 0 Å². The number of halogens is 1. The van der Waals surface area contributed by atoms with Gasteiger partial charge in [-0.1, -0.05) is 65.3 Å². The zero-order valence-corrected chi connectivity index (χ0v) is 23.0. The minimum absolute atomic E-state index is 0.0658. The molecule has 2 N–H and O–H groups in total. The van der Waals surface area contributed by atoms with Gasteiger partial charge in [-0.2, -0.15) is 0 Å². The van der Waals surface area contributed by atoms with Gasteiger partial charge < -0.3 is 14.9 Å². The predicted molar refractivity (Wildman–Crippen MR) is 145 cm³/mol. The van der Waals surface area contributed by atoms with Crippen LogP contribution < -0.4 is 0 Å². The average molecular weight is 503 g/mol. The Labute approximate surface area is 216 Å². The van der Waals surface area contributed by atoms with Crippen molar-refractivity contribution in [3.05, 3.63) is 63.7 Å². The van der Waals surface area contributed by atoms with Gasteiger partial charge in [-0.15, -0.1) is 0 Å². The van der Waals surface area contributed by atoms with Crippen LogP contribution in [0.15, 0.2) is 36.4 Å². The number of aromatic hydroxyl groups is 1. The van der Waals surface area contributed by atoms with Crippen molar-refractivity contribution in [2.45, 2.75) is 58.4 Å². The lowest BCUT2D eigenvalue weighted by molar-refractivity contribution is 0.0522. The van der Waals surface area contributed by atoms with Crippen LogP contribution in [0.4, 0.5) is 0 Å². The lowest BCUT2D eigenvalue weighted by Gasteiger charge is -2.40. The first-order valence-electron chi connectivity index (χ1n) is 12.7. The van der Waals surface area contributed by atoms with Gasteiger partial charge in [0.05, 0.1) is 25.9 Å². The minimum atomic E-state index is -0.183. The van der Waals surface area contributed by atoms with Gasteiger partial charge >= 0.3 is 0 Å². The van der Waals surface area contributed by atoms with Crippen LogP contribution in [0.2, 0.25) is 5.02 Å². The van der Waals surface area contributed by atoms with Crippen molar-refractivity contribution in [3.63, 3.8) is 0 Å². The van der Waals surface area contributed by atoms with E-state index in [1.165, 1.54) is 11.1 Å². The zero-order chi connectivity index (χ0) is 25.8. The summed E-state index contributed by atoms with van der Waals surface area (Å²) in [6, 6.07) is 12.7. The molecule has 0 bridgehead atoms. The highest BCUT2D eigenvalue weighted by Gasteiger charge is 2.32. The Morgan fingerprint density at radius 3 is 1.89 bits per heavy atom. The second-order valence-electron chi connectivity index (χ2n) is 11.6. The third kappa shape index (κ3) is 7.21. The third-order valence-electron chi connectivity index (χ3n) is 6.81. The summed E-state index contributed by atoms with van der Waals surface area (Å²) in [7, 11) is 0. The molecule has 0 aromatic heterocycles. The molecule has 0 spiro atoms. The van der Waals surface area contributed by atoms with Gasteiger partial charge in [-0.3, -0.25) is 9.80 Å². The van der Waals surface area contributed by atoms with Gasteiger partial charge in [-0.05, 0) is 57.3 Å². The van der Waals surface area contributed by atoms with Crippen LogP contribution in [0.5, 0.6) is 5.75 Å². The molecule has 194 valence electrons. The molecule has 1 atom stereocenters. The van der Waals surface area contributed by atoms with E-state index in [9.17, 15) is 5.11 Å². The van der Waals surface area contributed by atoms with Crippen molar-refractivity contribution in [2.24, 2.45) is 0 Å². The van der Waals surface area contributed by atoms with E-state index < -0.39 is 0 Å². The second kappa shape index (κ2) is 11.6. The summed E-state index contributed by atoms with van der Waals surface area (Å²) in [6.45, 7) is 18.7. The molecule has 0 saturated carbocycles. The number of aliphatic hydroxyl groups is 1. The Morgan fingerprint density at radius 1 is 0.857 bits per heavy atom. The van der Waals surface area contributed by atoms with Crippen LogP contribution >= 0.6 is 11.6 Å². The Hall–Kier alpha value is -1.63. The maximum Gasteiger partial charge on any atom is 0.123 e. The highest BCUT2D eigenvalue weighted by Crippen LogP contribution is 2.43. The highest BCUT2D eigenvalue weighted by molar-refractivity contribution is 6.30. The molecule has 2 aromatic rings. The smallest absolute Gasteiger partial charge is 0.123 e. The Balaban J connectivity index is 1.98. The number of nitrogens with zero attached hydrogens (tertiary/aromatic N) is 2. The summed E-state index contributed by atoms with van der Waals surface area (Å²) < 4.78 is 5.47. The van der Waals surface area contributed by atoms with E-state index in [4.69, 9.17) is 21.4 Å². The molecule has 1 saturated heterocycles. The van der Waals surface area contributed by atoms with E-state index in [-0.39, 0.29) is 23.5 Å². The van der Waals surface area contributed by atoms with Gasteiger partial charge in [0.2, 0.25) is 0 Å². The molecular weight excluding hydrogens is 460 g/mol. The normalized spacial score (nSPS) is 17.0. The molecule has 0 aliphatic carbocycles. The van der Waals surface area contributed by atoms with Crippen LogP contribution in [0.3, 0.4) is 0 Å². The molecule has 0 amide bonds. The maximum absolute atomic E-state index is 11.3. The second-order valence-corrected chi connectivity index (χ2v) is 12.1. The number of aliphatic hydroxyl groups excluding tert-OH is 1. The fourth-order valence-electron chi connectivity index (χ4n) is 4.82. The van der Waals surface area contributed by atoms with Crippen LogP contribution in [0, 0.1) is 0 Å². The molecule has 5 nitrogen and oxygen atoms in total. The van der Waals surface area contributed by atoms with Crippen molar-refractivity contribution in [2.75, 3.05) is 52.5 Å². The summed E-state index contributed by atoms with van der Waals surface area (Å²) in [5, 5.41) is 20.9. The van der Waals surface area contributed by atoms with E-state index in [0.29, 0.717) is 19.0 Å². The van der Waals surface area contributed by atoms with Crippen molar-refractivity contribution in [1.29, 1.82) is 0 Å². The van der Waals surface area contributed by atoms with E-state index in [2.05, 4.69) is 75.6 Å². The molecule has 1 aliphatic rings. The molecule has 1 heterocycles. The van der Waals surface area contributed by atoms with Crippen LogP contribution in [-0.4, -0.2) is 72.6 Å². The van der Waals surface area contributed by atoms with Crippen molar-refractivity contribution < 1.29 is 14.9 Å². The summed E-state index contributed by atoms with van der Waals surface area (Å²) in [5.74, 6) is 0.413. The Kier molecular flexibility index (Phi) is 9.27. The van der Waals surface area contributed by atoms with Gasteiger partial charge in [-0.25, -0.2) is 0 Å². The summed E-state index contributed by atoms with van der Waals surface area (Å²) in [5.41, 5.74) is 4.02. The zero-order valence-electron chi connectivity index (χ0n) is 22.3. The van der Waals surface area contributed by atoms with E-state index in [0.717, 1.165) is 48.9 Å². The van der Waals surface area contributed by atoms with Crippen molar-refractivity contribution in [1.82, 2.24) is 9.80 Å². The van der Waals surface area contributed by atoms with Crippen LogP contribution in [0.25, 0.3) is 0 Å². The number of hydrogen-bond acceptors (Lipinski definition) is 5. The van der Waals surface area contributed by atoms with Crippen molar-refractivity contribution in [3.8, 4) is 5.75 Å². The summed E-state index contributed by atoms with van der Waals surface area (Å²) >= 11 is 6.25. The molecule has 3 rings (SSSR count). The van der Waals surface area contributed by atoms with Crippen LogP contribution in [0.1, 0.15) is 69.8 Å². The number of hydrogen-bond donors (Lipinski definition) is 2. The fourth-order valence-corrected chi connectivity index (χ4v) is 4.95. The number of ether oxygens (including phenoxy) is 1. The first kappa shape index (κ1) is 27.9. The predicted octanol–water partition coefficient (Wildman–Crippen LogP) is 5.36. The number of phenolic OH excluding ortho intramolecular Hbond substituents is 1.